The van der Waals surface area contributed by atoms with Crippen LogP contribution in [0.1, 0.15) is 75.6 Å². The van der Waals surface area contributed by atoms with Crippen LogP contribution in [0.25, 0.3) is 5.57 Å². The van der Waals surface area contributed by atoms with E-state index < -0.39 is 21.6 Å². The minimum absolute atomic E-state index is 0.187. The van der Waals surface area contributed by atoms with Crippen LogP contribution in [0.5, 0.6) is 5.75 Å². The van der Waals surface area contributed by atoms with Crippen LogP contribution in [0, 0.1) is 0 Å². The van der Waals surface area contributed by atoms with E-state index in [4.69, 9.17) is 9.47 Å². The fourth-order valence-corrected chi connectivity index (χ4v) is 6.13. The number of allylic oxidation sites excluding steroid dienone is 4. The highest BCUT2D eigenvalue weighted by Gasteiger charge is 2.28. The van der Waals surface area contributed by atoms with Crippen LogP contribution in [-0.4, -0.2) is 26.6 Å². The molecule has 1 N–H and O–H groups in total. The van der Waals surface area contributed by atoms with Crippen molar-refractivity contribution in [3.8, 4) is 5.75 Å². The molecule has 7 heteroatoms. The second-order valence-electron chi connectivity index (χ2n) is 10.3. The fraction of sp³-hybridized carbons (Fsp3) is 0.414. The van der Waals surface area contributed by atoms with Gasteiger partial charge in [0, 0.05) is 6.04 Å². The van der Waals surface area contributed by atoms with Crippen LogP contribution in [0.15, 0.2) is 65.6 Å². The van der Waals surface area contributed by atoms with Crippen molar-refractivity contribution in [2.45, 2.75) is 70.9 Å². The van der Waals surface area contributed by atoms with E-state index in [1.54, 1.807) is 6.08 Å². The number of fused-ring (bicyclic) bond motifs is 1. The van der Waals surface area contributed by atoms with E-state index in [1.165, 1.54) is 0 Å². The van der Waals surface area contributed by atoms with Gasteiger partial charge in [0.25, 0.3) is 0 Å². The molecule has 0 saturated heterocycles. The minimum Gasteiger partial charge on any atom is -0.482 e. The molecule has 6 nitrogen and oxygen atoms in total. The third-order valence-electron chi connectivity index (χ3n) is 6.38. The van der Waals surface area contributed by atoms with Crippen LogP contribution in [0.2, 0.25) is 0 Å². The molecule has 192 valence electrons. The Kier molecular flexibility index (Phi) is 8.00. The highest BCUT2D eigenvalue weighted by Crippen LogP contribution is 2.36. The topological polar surface area (TPSA) is 81.7 Å². The predicted molar refractivity (Wildman–Crippen MR) is 142 cm³/mol. The molecule has 2 aromatic carbocycles. The number of benzene rings is 2. The molecule has 2 aliphatic carbocycles. The number of rotatable bonds is 7. The Hall–Kier alpha value is -2.90. The molecule has 0 fully saturated rings. The summed E-state index contributed by atoms with van der Waals surface area (Å²) in [5.74, 6) is 0.176. The Morgan fingerprint density at radius 2 is 1.75 bits per heavy atom. The van der Waals surface area contributed by atoms with Crippen molar-refractivity contribution < 1.29 is 22.7 Å². The van der Waals surface area contributed by atoms with E-state index in [1.807, 2.05) is 75.4 Å². The zero-order chi connectivity index (χ0) is 25.8. The van der Waals surface area contributed by atoms with Crippen molar-refractivity contribution in [1.29, 1.82) is 0 Å². The Bertz CT molecular complexity index is 1260. The van der Waals surface area contributed by atoms with Crippen LogP contribution in [0.4, 0.5) is 0 Å². The van der Waals surface area contributed by atoms with Gasteiger partial charge in [0.05, 0.1) is 4.91 Å². The maximum Gasteiger partial charge on any atom is 0.344 e. The third kappa shape index (κ3) is 6.65. The Balaban J connectivity index is 1.51. The van der Waals surface area contributed by atoms with Crippen molar-refractivity contribution >= 4 is 21.6 Å². The summed E-state index contributed by atoms with van der Waals surface area (Å²) in [5, 5.41) is 0. The Morgan fingerprint density at radius 3 is 2.44 bits per heavy atom. The molecule has 0 aliphatic heterocycles. The molecule has 2 aliphatic rings. The lowest BCUT2D eigenvalue weighted by Crippen LogP contribution is -2.30. The first-order valence-corrected chi connectivity index (χ1v) is 14.0. The maximum absolute atomic E-state index is 13.4. The molecule has 0 radical (unpaired) electrons. The molecule has 0 amide bonds. The van der Waals surface area contributed by atoms with Gasteiger partial charge in [0.2, 0.25) is 10.0 Å². The van der Waals surface area contributed by atoms with Crippen LogP contribution >= 0.6 is 0 Å². The monoisotopic (exact) mass is 509 g/mol. The summed E-state index contributed by atoms with van der Waals surface area (Å²) in [5.41, 5.74) is 3.54. The molecule has 0 heterocycles. The molecule has 0 spiro atoms. The molecule has 36 heavy (non-hydrogen) atoms. The number of carbonyl (C=O) groups is 1. The molecular formula is C29H35NO5S. The van der Waals surface area contributed by atoms with Crippen molar-refractivity contribution in [2.75, 3.05) is 6.61 Å². The first-order chi connectivity index (χ1) is 17.1. The molecule has 1 unspecified atom stereocenters. The van der Waals surface area contributed by atoms with E-state index >= 15 is 0 Å². The maximum atomic E-state index is 13.4. The second kappa shape index (κ2) is 11.0. The van der Waals surface area contributed by atoms with Gasteiger partial charge in [-0.15, -0.1) is 0 Å². The summed E-state index contributed by atoms with van der Waals surface area (Å²) in [6.45, 7) is 5.26. The normalized spacial score (nSPS) is 18.4. The predicted octanol–water partition coefficient (Wildman–Crippen LogP) is 5.86. The van der Waals surface area contributed by atoms with Gasteiger partial charge in [-0.3, -0.25) is 0 Å². The summed E-state index contributed by atoms with van der Waals surface area (Å²) >= 11 is 0. The number of carbonyl (C=O) groups excluding carboxylic acids is 1. The molecule has 1 atom stereocenters. The molecule has 2 aromatic rings. The van der Waals surface area contributed by atoms with Gasteiger partial charge in [0.1, 0.15) is 11.4 Å². The first kappa shape index (κ1) is 26.2. The summed E-state index contributed by atoms with van der Waals surface area (Å²) in [6, 6.07) is 15.3. The number of hydrogen-bond acceptors (Lipinski definition) is 5. The van der Waals surface area contributed by atoms with E-state index in [9.17, 15) is 13.2 Å². The number of esters is 1. The molecule has 0 saturated carbocycles. The summed E-state index contributed by atoms with van der Waals surface area (Å²) in [6.07, 6.45) is 8.08. The van der Waals surface area contributed by atoms with Crippen molar-refractivity contribution in [3.63, 3.8) is 0 Å². The van der Waals surface area contributed by atoms with Gasteiger partial charge in [-0.2, -0.15) is 0 Å². The largest absolute Gasteiger partial charge is 0.482 e. The molecule has 0 aromatic heterocycles. The van der Waals surface area contributed by atoms with Crippen LogP contribution in [0.3, 0.4) is 0 Å². The highest BCUT2D eigenvalue weighted by atomic mass is 32.2. The van der Waals surface area contributed by atoms with E-state index in [0.717, 1.165) is 41.5 Å². The summed E-state index contributed by atoms with van der Waals surface area (Å²) in [4.78, 5) is 12.6. The fourth-order valence-electron chi connectivity index (χ4n) is 4.75. The Labute approximate surface area is 214 Å². The lowest BCUT2D eigenvalue weighted by atomic mass is 9.97. The smallest absolute Gasteiger partial charge is 0.344 e. The van der Waals surface area contributed by atoms with Crippen LogP contribution in [-0.2, 0) is 26.0 Å². The standard InChI is InChI=1S/C29H35NO5S/c1-29(2,3)35-28(31)20-34-27-15-9-13-24-25(27)12-7-8-14-26(24)30-36(32,33)23-18-16-22(17-19-23)21-10-5-4-6-11-21/h4-6,9-11,13,15-16,18,26,30H,7-8,12,14,17,19-20H2,1-3H3. The number of sulfonamides is 1. The Morgan fingerprint density at radius 1 is 0.972 bits per heavy atom. The van der Waals surface area contributed by atoms with Gasteiger partial charge < -0.3 is 9.47 Å². The van der Waals surface area contributed by atoms with Crippen LogP contribution < -0.4 is 9.46 Å². The SMILES string of the molecule is CC(C)(C)OC(=O)COc1cccc2c1CCCCC2NS(=O)(=O)C1=CC=C(c2ccccc2)CC1. The average molecular weight is 510 g/mol. The minimum atomic E-state index is -3.65. The zero-order valence-corrected chi connectivity index (χ0v) is 22.1. The lowest BCUT2D eigenvalue weighted by Gasteiger charge is -2.23. The summed E-state index contributed by atoms with van der Waals surface area (Å²) < 4.78 is 40.9. The third-order valence-corrected chi connectivity index (χ3v) is 8.00. The molecule has 0 bridgehead atoms. The van der Waals surface area contributed by atoms with Gasteiger partial charge in [0.15, 0.2) is 6.61 Å². The zero-order valence-electron chi connectivity index (χ0n) is 21.3. The highest BCUT2D eigenvalue weighted by molar-refractivity contribution is 7.93. The van der Waals surface area contributed by atoms with E-state index in [0.29, 0.717) is 29.9 Å². The van der Waals surface area contributed by atoms with Crippen molar-refractivity contribution in [1.82, 2.24) is 4.72 Å². The number of hydrogen-bond donors (Lipinski definition) is 1. The van der Waals surface area contributed by atoms with E-state index in [2.05, 4.69) is 4.72 Å². The summed E-state index contributed by atoms with van der Waals surface area (Å²) in [7, 11) is -3.65. The van der Waals surface area contributed by atoms with Gasteiger partial charge in [-0.25, -0.2) is 17.9 Å². The number of nitrogens with one attached hydrogen (secondary N) is 1. The van der Waals surface area contributed by atoms with Gasteiger partial charge >= 0.3 is 5.97 Å². The average Bonchev–Trinajstić information content (AvgIpc) is 3.04. The van der Waals surface area contributed by atoms with Gasteiger partial charge in [-0.1, -0.05) is 55.0 Å². The second-order valence-corrected chi connectivity index (χ2v) is 12.1. The first-order valence-electron chi connectivity index (χ1n) is 12.6. The quantitative estimate of drug-likeness (QED) is 0.374. The van der Waals surface area contributed by atoms with Gasteiger partial charge in [-0.05, 0) is 87.3 Å². The van der Waals surface area contributed by atoms with E-state index in [-0.39, 0.29) is 12.6 Å². The lowest BCUT2D eigenvalue weighted by molar-refractivity contribution is -0.157. The van der Waals surface area contributed by atoms with Crippen molar-refractivity contribution in [2.24, 2.45) is 0 Å². The van der Waals surface area contributed by atoms with Crippen molar-refractivity contribution in [3.05, 3.63) is 82.3 Å². The molecular weight excluding hydrogens is 474 g/mol. The number of ether oxygens (including phenoxy) is 2. The molecule has 4 rings (SSSR count).